The van der Waals surface area contributed by atoms with Crippen LogP contribution in [0.1, 0.15) is 26.7 Å². The van der Waals surface area contributed by atoms with E-state index >= 15 is 0 Å². The second kappa shape index (κ2) is 8.91. The molecule has 0 unspecified atom stereocenters. The molecule has 5 nitrogen and oxygen atoms in total. The Morgan fingerprint density at radius 1 is 1.11 bits per heavy atom. The predicted molar refractivity (Wildman–Crippen MR) is 71.1 cm³/mol. The fourth-order valence-electron chi connectivity index (χ4n) is 1.19. The zero-order valence-corrected chi connectivity index (χ0v) is 11.7. The van der Waals surface area contributed by atoms with Gasteiger partial charge in [-0.2, -0.15) is 0 Å². The average molecular weight is 274 g/mol. The van der Waals surface area contributed by atoms with Crippen LogP contribution in [0.3, 0.4) is 0 Å². The van der Waals surface area contributed by atoms with Gasteiger partial charge in [-0.05, 0) is 37.1 Å². The number of anilines is 1. The number of quaternary nitrogens is 1. The molecule has 4 N–H and O–H groups in total. The van der Waals surface area contributed by atoms with Crippen molar-refractivity contribution in [3.8, 4) is 0 Å². The molecule has 6 heteroatoms. The maximum absolute atomic E-state index is 10.3. The Morgan fingerprint density at radius 3 is 1.89 bits per heavy atom. The van der Waals surface area contributed by atoms with Crippen LogP contribution in [0.4, 0.5) is 5.69 Å². The summed E-state index contributed by atoms with van der Waals surface area (Å²) in [6.07, 6.45) is 2.61. The van der Waals surface area contributed by atoms with E-state index in [1.165, 1.54) is 50.2 Å². The van der Waals surface area contributed by atoms with Gasteiger partial charge in [-0.15, -0.1) is 0 Å². The number of hydrogen-bond donors (Lipinski definition) is 2. The second-order valence-electron chi connectivity index (χ2n) is 3.89. The van der Waals surface area contributed by atoms with E-state index < -0.39 is 10.1 Å². The van der Waals surface area contributed by atoms with E-state index in [4.69, 9.17) is 5.73 Å². The molecule has 0 amide bonds. The zero-order chi connectivity index (χ0) is 14.0. The normalized spacial score (nSPS) is 10.6. The molecule has 0 fully saturated rings. The number of benzene rings is 1. The van der Waals surface area contributed by atoms with Crippen molar-refractivity contribution in [2.24, 2.45) is 0 Å². The van der Waals surface area contributed by atoms with E-state index in [9.17, 15) is 13.0 Å². The third-order valence-electron chi connectivity index (χ3n) is 2.15. The quantitative estimate of drug-likeness (QED) is 0.465. The first-order valence-corrected chi connectivity index (χ1v) is 7.45. The molecule has 1 rings (SSSR count). The SMILES string of the molecule is CCC[NH2+]CCC.Nc1ccc(S(=O)(=O)[O-])cc1. The van der Waals surface area contributed by atoms with Crippen LogP contribution in [0, 0.1) is 0 Å². The van der Waals surface area contributed by atoms with E-state index in [-0.39, 0.29) is 4.90 Å². The Morgan fingerprint density at radius 2 is 1.56 bits per heavy atom. The van der Waals surface area contributed by atoms with Gasteiger partial charge in [0.25, 0.3) is 0 Å². The Bertz CT molecular complexity index is 411. The van der Waals surface area contributed by atoms with Crippen molar-refractivity contribution in [3.63, 3.8) is 0 Å². The molecule has 0 spiro atoms. The molecular weight excluding hydrogens is 252 g/mol. The molecule has 104 valence electrons. The van der Waals surface area contributed by atoms with Crippen molar-refractivity contribution in [2.75, 3.05) is 18.8 Å². The average Bonchev–Trinajstić information content (AvgIpc) is 2.30. The summed E-state index contributed by atoms with van der Waals surface area (Å²) in [5, 5.41) is 2.36. The Labute approximate surface area is 109 Å². The largest absolute Gasteiger partial charge is 0.744 e. The highest BCUT2D eigenvalue weighted by Gasteiger charge is 1.98. The summed E-state index contributed by atoms with van der Waals surface area (Å²) < 4.78 is 31.0. The molecule has 0 aliphatic carbocycles. The number of nitrogens with two attached hydrogens (primary N) is 2. The van der Waals surface area contributed by atoms with Gasteiger partial charge in [0.05, 0.1) is 18.0 Å². The molecule has 0 radical (unpaired) electrons. The maximum atomic E-state index is 10.3. The fourth-order valence-corrected chi connectivity index (χ4v) is 1.66. The van der Waals surface area contributed by atoms with Gasteiger partial charge in [-0.3, -0.25) is 0 Å². The van der Waals surface area contributed by atoms with E-state index in [0.717, 1.165) is 0 Å². The van der Waals surface area contributed by atoms with Crippen molar-refractivity contribution in [3.05, 3.63) is 24.3 Å². The summed E-state index contributed by atoms with van der Waals surface area (Å²) in [6.45, 7) is 7.03. The van der Waals surface area contributed by atoms with Crippen molar-refractivity contribution < 1.29 is 18.3 Å². The summed E-state index contributed by atoms with van der Waals surface area (Å²) >= 11 is 0. The molecule has 0 bridgehead atoms. The molecule has 0 atom stereocenters. The van der Waals surface area contributed by atoms with Gasteiger partial charge in [-0.25, -0.2) is 8.42 Å². The summed E-state index contributed by atoms with van der Waals surface area (Å²) in [5.41, 5.74) is 5.70. The molecule has 0 saturated heterocycles. The van der Waals surface area contributed by atoms with Crippen LogP contribution in [0.15, 0.2) is 29.2 Å². The minimum atomic E-state index is -4.33. The lowest BCUT2D eigenvalue weighted by atomic mass is 10.3. The standard InChI is InChI=1S/C6H7NO3S.C6H15N/c7-5-1-3-6(4-2-5)11(8,9)10;1-3-5-7-6-4-2/h1-4H,7H2,(H,8,9,10);7H,3-6H2,1-2H3. The van der Waals surface area contributed by atoms with E-state index in [1.807, 2.05) is 0 Å². The van der Waals surface area contributed by atoms with Crippen molar-refractivity contribution in [1.82, 2.24) is 0 Å². The second-order valence-corrected chi connectivity index (χ2v) is 5.27. The van der Waals surface area contributed by atoms with Crippen molar-refractivity contribution in [1.29, 1.82) is 0 Å². The maximum Gasteiger partial charge on any atom is 0.124 e. The van der Waals surface area contributed by atoms with E-state index in [2.05, 4.69) is 19.2 Å². The minimum absolute atomic E-state index is 0.258. The molecule has 0 aromatic heterocycles. The monoisotopic (exact) mass is 274 g/mol. The number of nitrogen functional groups attached to an aromatic ring is 1. The number of hydrogen-bond acceptors (Lipinski definition) is 4. The number of rotatable bonds is 5. The van der Waals surface area contributed by atoms with Crippen molar-refractivity contribution in [2.45, 2.75) is 31.6 Å². The van der Waals surface area contributed by atoms with Crippen molar-refractivity contribution >= 4 is 15.8 Å². The van der Waals surface area contributed by atoms with Crippen LogP contribution in [-0.4, -0.2) is 26.1 Å². The Kier molecular flexibility index (Phi) is 8.36. The van der Waals surface area contributed by atoms with Crippen LogP contribution in [-0.2, 0) is 10.1 Å². The van der Waals surface area contributed by atoms with Gasteiger partial charge in [0, 0.05) is 5.69 Å². The molecule has 1 aromatic carbocycles. The van der Waals surface area contributed by atoms with Crippen LogP contribution in [0.25, 0.3) is 0 Å². The van der Waals surface area contributed by atoms with Gasteiger partial charge in [0.1, 0.15) is 10.1 Å². The molecular formula is C12H22N2O3S. The van der Waals surface area contributed by atoms with Gasteiger partial charge in [-0.1, -0.05) is 13.8 Å². The highest BCUT2D eigenvalue weighted by atomic mass is 32.2. The summed E-state index contributed by atoms with van der Waals surface area (Å²) in [7, 11) is -4.33. The highest BCUT2D eigenvalue weighted by molar-refractivity contribution is 7.85. The first-order chi connectivity index (χ1) is 8.41. The molecule has 1 aromatic rings. The fraction of sp³-hybridized carbons (Fsp3) is 0.500. The van der Waals surface area contributed by atoms with Crippen LogP contribution >= 0.6 is 0 Å². The smallest absolute Gasteiger partial charge is 0.124 e. The van der Waals surface area contributed by atoms with Gasteiger partial charge < -0.3 is 15.6 Å². The summed E-state index contributed by atoms with van der Waals surface area (Å²) in [6, 6.07) is 5.09. The Hall–Kier alpha value is -1.11. The summed E-state index contributed by atoms with van der Waals surface area (Å²) in [4.78, 5) is -0.258. The lowest BCUT2D eigenvalue weighted by molar-refractivity contribution is -0.654. The molecule has 0 aliphatic rings. The topological polar surface area (TPSA) is 99.8 Å². The van der Waals surface area contributed by atoms with Gasteiger partial charge in [0.15, 0.2) is 0 Å². The highest BCUT2D eigenvalue weighted by Crippen LogP contribution is 2.10. The third kappa shape index (κ3) is 8.05. The van der Waals surface area contributed by atoms with E-state index in [1.54, 1.807) is 0 Å². The lowest BCUT2D eigenvalue weighted by Crippen LogP contribution is -2.84. The van der Waals surface area contributed by atoms with Gasteiger partial charge >= 0.3 is 0 Å². The van der Waals surface area contributed by atoms with E-state index in [0.29, 0.717) is 5.69 Å². The molecule has 18 heavy (non-hydrogen) atoms. The predicted octanol–water partition coefficient (Wildman–Crippen LogP) is 0.543. The molecule has 0 heterocycles. The van der Waals surface area contributed by atoms with Crippen LogP contribution < -0.4 is 11.1 Å². The first kappa shape index (κ1) is 16.9. The lowest BCUT2D eigenvalue weighted by Gasteiger charge is -2.05. The molecule has 0 saturated carbocycles. The Balaban J connectivity index is 0.000000360. The molecule has 0 aliphatic heterocycles. The third-order valence-corrected chi connectivity index (χ3v) is 3.00. The van der Waals surface area contributed by atoms with Crippen LogP contribution in [0.2, 0.25) is 0 Å². The summed E-state index contributed by atoms with van der Waals surface area (Å²) in [5.74, 6) is 0. The zero-order valence-electron chi connectivity index (χ0n) is 10.9. The first-order valence-electron chi connectivity index (χ1n) is 6.04. The van der Waals surface area contributed by atoms with Crippen LogP contribution in [0.5, 0.6) is 0 Å². The van der Waals surface area contributed by atoms with Gasteiger partial charge in [0.2, 0.25) is 0 Å². The minimum Gasteiger partial charge on any atom is -0.744 e.